The normalized spacial score (nSPS) is 11.8. The van der Waals surface area contributed by atoms with Crippen molar-refractivity contribution in [3.8, 4) is 0 Å². The van der Waals surface area contributed by atoms with Crippen LogP contribution in [0.4, 0.5) is 13.2 Å². The maximum absolute atomic E-state index is 11.9. The highest BCUT2D eigenvalue weighted by atomic mass is 35.5. The summed E-state index contributed by atoms with van der Waals surface area (Å²) in [6.45, 7) is 1.74. The summed E-state index contributed by atoms with van der Waals surface area (Å²) in [5.74, 6) is -0.866. The Balaban J connectivity index is 2.68. The summed E-state index contributed by atoms with van der Waals surface area (Å²) in [4.78, 5) is 0.617. The van der Waals surface area contributed by atoms with Gasteiger partial charge in [0, 0.05) is 9.92 Å². The molecule has 14 heavy (non-hydrogen) atoms. The second kappa shape index (κ2) is 4.45. The molecule has 0 saturated heterocycles. The van der Waals surface area contributed by atoms with Crippen molar-refractivity contribution in [3.63, 3.8) is 0 Å². The summed E-state index contributed by atoms with van der Waals surface area (Å²) in [5, 5.41) is 0.541. The molecule has 1 aromatic carbocycles. The molecule has 0 aromatic heterocycles. The maximum atomic E-state index is 11.9. The lowest BCUT2D eigenvalue weighted by molar-refractivity contribution is -0.105. The lowest BCUT2D eigenvalue weighted by Gasteiger charge is -2.08. The minimum absolute atomic E-state index is 0.541. The first-order chi connectivity index (χ1) is 6.38. The first-order valence-corrected chi connectivity index (χ1v) is 5.20. The van der Waals surface area contributed by atoms with E-state index in [0.717, 1.165) is 17.3 Å². The Labute approximate surface area is 89.4 Å². The molecule has 0 N–H and O–H groups in total. The zero-order chi connectivity index (χ0) is 10.8. The van der Waals surface area contributed by atoms with Gasteiger partial charge in [0.25, 0.3) is 0 Å². The highest BCUT2D eigenvalue weighted by molar-refractivity contribution is 7.99. The fraction of sp³-hybridized carbons (Fsp3) is 0.333. The summed E-state index contributed by atoms with van der Waals surface area (Å²) < 4.78 is 35.7. The molecule has 0 radical (unpaired) electrons. The topological polar surface area (TPSA) is 0 Å². The summed E-state index contributed by atoms with van der Waals surface area (Å²) in [6, 6.07) is 4.85. The molecule has 5 heteroatoms. The predicted molar refractivity (Wildman–Crippen MR) is 53.0 cm³/mol. The van der Waals surface area contributed by atoms with Crippen molar-refractivity contribution >= 4 is 23.4 Å². The standard InChI is InChI=1S/C9H8ClF3S/c1-6-4-7(10)2-3-8(6)14-5-9(11,12)13/h2-4H,5H2,1H3. The minimum atomic E-state index is -4.13. The van der Waals surface area contributed by atoms with E-state index in [1.807, 2.05) is 0 Å². The van der Waals surface area contributed by atoms with Gasteiger partial charge < -0.3 is 0 Å². The molecule has 1 aromatic rings. The van der Waals surface area contributed by atoms with Gasteiger partial charge in [-0.15, -0.1) is 11.8 Å². The van der Waals surface area contributed by atoms with Crippen LogP contribution in [0.5, 0.6) is 0 Å². The molecule has 0 bridgehead atoms. The van der Waals surface area contributed by atoms with Crippen LogP contribution >= 0.6 is 23.4 Å². The van der Waals surface area contributed by atoms with E-state index < -0.39 is 11.9 Å². The molecule has 0 nitrogen and oxygen atoms in total. The minimum Gasteiger partial charge on any atom is -0.170 e. The summed E-state index contributed by atoms with van der Waals surface area (Å²) in [7, 11) is 0. The largest absolute Gasteiger partial charge is 0.398 e. The van der Waals surface area contributed by atoms with E-state index in [0.29, 0.717) is 9.92 Å². The number of hydrogen-bond donors (Lipinski definition) is 0. The van der Waals surface area contributed by atoms with Crippen LogP contribution in [0.1, 0.15) is 5.56 Å². The van der Waals surface area contributed by atoms with Gasteiger partial charge in [-0.3, -0.25) is 0 Å². The second-order valence-electron chi connectivity index (χ2n) is 2.81. The first-order valence-electron chi connectivity index (χ1n) is 3.84. The Bertz CT molecular complexity index is 322. The van der Waals surface area contributed by atoms with Gasteiger partial charge >= 0.3 is 6.18 Å². The number of halogens is 4. The molecule has 0 aliphatic heterocycles. The smallest absolute Gasteiger partial charge is 0.170 e. The molecule has 0 aliphatic carbocycles. The van der Waals surface area contributed by atoms with Crippen molar-refractivity contribution in [2.24, 2.45) is 0 Å². The second-order valence-corrected chi connectivity index (χ2v) is 4.27. The molecule has 1 rings (SSSR count). The molecule has 78 valence electrons. The van der Waals surface area contributed by atoms with E-state index in [-0.39, 0.29) is 0 Å². The van der Waals surface area contributed by atoms with Gasteiger partial charge in [0.2, 0.25) is 0 Å². The van der Waals surface area contributed by atoms with Crippen LogP contribution in [0, 0.1) is 6.92 Å². The average molecular weight is 241 g/mol. The molecule has 0 fully saturated rings. The first kappa shape index (κ1) is 11.7. The Hall–Kier alpha value is -0.350. The lowest BCUT2D eigenvalue weighted by Crippen LogP contribution is -2.10. The zero-order valence-corrected chi connectivity index (χ0v) is 8.93. The molecule has 0 amide bonds. The fourth-order valence-electron chi connectivity index (χ4n) is 0.934. The summed E-state index contributed by atoms with van der Waals surface area (Å²) in [6.07, 6.45) is -4.13. The number of aryl methyl sites for hydroxylation is 1. The van der Waals surface area contributed by atoms with E-state index in [1.54, 1.807) is 25.1 Å². The van der Waals surface area contributed by atoms with Crippen molar-refractivity contribution in [1.82, 2.24) is 0 Å². The quantitative estimate of drug-likeness (QED) is 0.695. The Morgan fingerprint density at radius 3 is 2.50 bits per heavy atom. The van der Waals surface area contributed by atoms with Gasteiger partial charge in [0.15, 0.2) is 0 Å². The van der Waals surface area contributed by atoms with Crippen molar-refractivity contribution in [2.75, 3.05) is 5.75 Å². The van der Waals surface area contributed by atoms with Crippen molar-refractivity contribution < 1.29 is 13.2 Å². The van der Waals surface area contributed by atoms with E-state index in [1.165, 1.54) is 0 Å². The summed E-state index contributed by atoms with van der Waals surface area (Å²) in [5.41, 5.74) is 0.770. The predicted octanol–water partition coefficient (Wildman–Crippen LogP) is 4.30. The van der Waals surface area contributed by atoms with Gasteiger partial charge in [0.1, 0.15) is 0 Å². The summed E-state index contributed by atoms with van der Waals surface area (Å²) >= 11 is 6.45. The van der Waals surface area contributed by atoms with Gasteiger partial charge in [-0.05, 0) is 30.7 Å². The van der Waals surface area contributed by atoms with Gasteiger partial charge in [-0.2, -0.15) is 13.2 Å². The number of benzene rings is 1. The van der Waals surface area contributed by atoms with Crippen LogP contribution in [-0.2, 0) is 0 Å². The van der Waals surface area contributed by atoms with E-state index >= 15 is 0 Å². The van der Waals surface area contributed by atoms with E-state index in [2.05, 4.69) is 0 Å². The van der Waals surface area contributed by atoms with Gasteiger partial charge in [-0.1, -0.05) is 11.6 Å². The van der Waals surface area contributed by atoms with E-state index in [4.69, 9.17) is 11.6 Å². The number of alkyl halides is 3. The fourth-order valence-corrected chi connectivity index (χ4v) is 1.93. The lowest BCUT2D eigenvalue weighted by atomic mass is 10.2. The zero-order valence-electron chi connectivity index (χ0n) is 7.36. The SMILES string of the molecule is Cc1cc(Cl)ccc1SCC(F)(F)F. The number of rotatable bonds is 2. The Morgan fingerprint density at radius 1 is 1.36 bits per heavy atom. The van der Waals surface area contributed by atoms with Crippen molar-refractivity contribution in [3.05, 3.63) is 28.8 Å². The van der Waals surface area contributed by atoms with Crippen LogP contribution in [-0.4, -0.2) is 11.9 Å². The van der Waals surface area contributed by atoms with Crippen molar-refractivity contribution in [1.29, 1.82) is 0 Å². The molecule has 0 atom stereocenters. The van der Waals surface area contributed by atoms with Crippen molar-refractivity contribution in [2.45, 2.75) is 18.0 Å². The number of hydrogen-bond acceptors (Lipinski definition) is 1. The molecule has 0 heterocycles. The van der Waals surface area contributed by atoms with Crippen LogP contribution in [0.25, 0.3) is 0 Å². The molecule has 0 unspecified atom stereocenters. The monoisotopic (exact) mass is 240 g/mol. The third kappa shape index (κ3) is 3.80. The molecule has 0 spiro atoms. The van der Waals surface area contributed by atoms with Crippen LogP contribution in [0.3, 0.4) is 0 Å². The third-order valence-electron chi connectivity index (χ3n) is 1.53. The molecule has 0 aliphatic rings. The van der Waals surface area contributed by atoms with Crippen LogP contribution in [0.15, 0.2) is 23.1 Å². The van der Waals surface area contributed by atoms with Crippen LogP contribution in [0.2, 0.25) is 5.02 Å². The average Bonchev–Trinajstić information content (AvgIpc) is 2.00. The highest BCUT2D eigenvalue weighted by Crippen LogP contribution is 2.30. The Morgan fingerprint density at radius 2 is 2.00 bits per heavy atom. The highest BCUT2D eigenvalue weighted by Gasteiger charge is 2.27. The molecular formula is C9H8ClF3S. The Kier molecular flexibility index (Phi) is 3.72. The van der Waals surface area contributed by atoms with E-state index in [9.17, 15) is 13.2 Å². The molecular weight excluding hydrogens is 233 g/mol. The van der Waals surface area contributed by atoms with Gasteiger partial charge in [-0.25, -0.2) is 0 Å². The third-order valence-corrected chi connectivity index (χ3v) is 3.00. The maximum Gasteiger partial charge on any atom is 0.398 e. The number of thioether (sulfide) groups is 1. The molecule has 0 saturated carbocycles. The van der Waals surface area contributed by atoms with Crippen LogP contribution < -0.4 is 0 Å². The van der Waals surface area contributed by atoms with Gasteiger partial charge in [0.05, 0.1) is 5.75 Å².